The molecule has 0 saturated carbocycles. The Labute approximate surface area is 110 Å². The smallest absolute Gasteiger partial charge is 0.225 e. The highest BCUT2D eigenvalue weighted by molar-refractivity contribution is 6.79. The third kappa shape index (κ3) is 4.28. The van der Waals surface area contributed by atoms with Crippen molar-refractivity contribution in [1.82, 2.24) is 9.97 Å². The number of aromatic nitrogens is 2. The van der Waals surface area contributed by atoms with E-state index in [2.05, 4.69) is 30.7 Å². The lowest BCUT2D eigenvalue weighted by Crippen LogP contribution is -2.33. The van der Waals surface area contributed by atoms with E-state index in [0.29, 0.717) is 5.88 Å². The summed E-state index contributed by atoms with van der Waals surface area (Å²) in [4.78, 5) is 7.85. The molecule has 0 aliphatic heterocycles. The van der Waals surface area contributed by atoms with Crippen molar-refractivity contribution in [1.29, 1.82) is 0 Å². The van der Waals surface area contributed by atoms with E-state index >= 15 is 0 Å². The fourth-order valence-electron chi connectivity index (χ4n) is 2.05. The van der Waals surface area contributed by atoms with Gasteiger partial charge in [0.15, 0.2) is 0 Å². The van der Waals surface area contributed by atoms with E-state index in [0.717, 1.165) is 6.61 Å². The van der Waals surface area contributed by atoms with E-state index in [4.69, 9.17) is 16.3 Å². The molecule has 5 heteroatoms. The normalized spacial score (nSPS) is 11.5. The van der Waals surface area contributed by atoms with E-state index < -0.39 is 8.07 Å². The molecule has 0 aliphatic rings. The predicted molar refractivity (Wildman–Crippen MR) is 74.5 cm³/mol. The van der Waals surface area contributed by atoms with Crippen LogP contribution in [0, 0.1) is 0 Å². The van der Waals surface area contributed by atoms with Crippen LogP contribution in [0.5, 0.6) is 5.88 Å². The van der Waals surface area contributed by atoms with Crippen molar-refractivity contribution in [2.45, 2.75) is 44.9 Å². The molecular formula is C12H21ClN2OSi. The molecule has 0 atom stereocenters. The van der Waals surface area contributed by atoms with Gasteiger partial charge in [0, 0.05) is 12.3 Å². The SMILES string of the molecule is CC[Si](CC)(CC)CCOc1ccnc(Cl)n1. The lowest BCUT2D eigenvalue weighted by Gasteiger charge is -2.27. The maximum Gasteiger partial charge on any atom is 0.225 e. The minimum absolute atomic E-state index is 0.243. The molecule has 1 aromatic rings. The average Bonchev–Trinajstić information content (AvgIpc) is 2.35. The molecular weight excluding hydrogens is 252 g/mol. The number of nitrogens with zero attached hydrogens (tertiary/aromatic N) is 2. The fourth-order valence-corrected chi connectivity index (χ4v) is 5.29. The molecule has 3 nitrogen and oxygen atoms in total. The van der Waals surface area contributed by atoms with E-state index in [1.807, 2.05) is 0 Å². The molecule has 0 spiro atoms. The van der Waals surface area contributed by atoms with E-state index in [1.165, 1.54) is 24.2 Å². The molecule has 1 aromatic heterocycles. The fraction of sp³-hybridized carbons (Fsp3) is 0.667. The quantitative estimate of drug-likeness (QED) is 0.555. The van der Waals surface area contributed by atoms with Gasteiger partial charge in [0.05, 0.1) is 14.7 Å². The lowest BCUT2D eigenvalue weighted by atomic mass is 10.6. The molecule has 0 fully saturated rings. The van der Waals surface area contributed by atoms with Crippen molar-refractivity contribution in [2.75, 3.05) is 6.61 Å². The van der Waals surface area contributed by atoms with Gasteiger partial charge >= 0.3 is 0 Å². The Morgan fingerprint density at radius 3 is 2.41 bits per heavy atom. The standard InChI is InChI=1S/C12H21ClN2OSi/c1-4-17(5-2,6-3)10-9-16-11-7-8-14-12(13)15-11/h7-8H,4-6,9-10H2,1-3H3. The Morgan fingerprint density at radius 2 is 1.88 bits per heavy atom. The van der Waals surface area contributed by atoms with Crippen LogP contribution >= 0.6 is 11.6 Å². The van der Waals surface area contributed by atoms with Gasteiger partial charge in [-0.15, -0.1) is 0 Å². The number of hydrogen-bond acceptors (Lipinski definition) is 3. The van der Waals surface area contributed by atoms with Crippen LogP contribution in [0.4, 0.5) is 0 Å². The first kappa shape index (κ1) is 14.4. The van der Waals surface area contributed by atoms with Gasteiger partial charge in [0.2, 0.25) is 11.2 Å². The zero-order valence-corrected chi connectivity index (χ0v) is 12.6. The van der Waals surface area contributed by atoms with Crippen LogP contribution in [0.3, 0.4) is 0 Å². The number of ether oxygens (including phenoxy) is 1. The first-order chi connectivity index (χ1) is 8.15. The summed E-state index contributed by atoms with van der Waals surface area (Å²) in [6, 6.07) is 6.92. The Kier molecular flexibility index (Phi) is 5.92. The molecule has 0 radical (unpaired) electrons. The molecule has 0 amide bonds. The summed E-state index contributed by atoms with van der Waals surface area (Å²) in [7, 11) is -1.09. The molecule has 96 valence electrons. The lowest BCUT2D eigenvalue weighted by molar-refractivity contribution is 0.323. The average molecular weight is 273 g/mol. The van der Waals surface area contributed by atoms with Crippen LogP contribution in [-0.2, 0) is 0 Å². The molecule has 0 unspecified atom stereocenters. The molecule has 1 heterocycles. The van der Waals surface area contributed by atoms with E-state index in [1.54, 1.807) is 12.3 Å². The van der Waals surface area contributed by atoms with Crippen LogP contribution in [0.2, 0.25) is 29.5 Å². The van der Waals surface area contributed by atoms with Crippen molar-refractivity contribution in [3.63, 3.8) is 0 Å². The summed E-state index contributed by atoms with van der Waals surface area (Å²) in [5.74, 6) is 0.580. The van der Waals surface area contributed by atoms with Crippen molar-refractivity contribution >= 4 is 19.7 Å². The minimum atomic E-state index is -1.09. The topological polar surface area (TPSA) is 35.0 Å². The third-order valence-electron chi connectivity index (χ3n) is 3.73. The predicted octanol–water partition coefficient (Wildman–Crippen LogP) is 4.02. The molecule has 0 aliphatic carbocycles. The van der Waals surface area contributed by atoms with Crippen LogP contribution in [0.1, 0.15) is 20.8 Å². The van der Waals surface area contributed by atoms with Gasteiger partial charge in [0.25, 0.3) is 0 Å². The van der Waals surface area contributed by atoms with Crippen molar-refractivity contribution in [2.24, 2.45) is 0 Å². The largest absolute Gasteiger partial charge is 0.478 e. The number of hydrogen-bond donors (Lipinski definition) is 0. The third-order valence-corrected chi connectivity index (χ3v) is 9.68. The summed E-state index contributed by atoms with van der Waals surface area (Å²) < 4.78 is 5.65. The highest BCUT2D eigenvalue weighted by Crippen LogP contribution is 2.25. The summed E-state index contributed by atoms with van der Waals surface area (Å²) in [5, 5.41) is 0.243. The van der Waals surface area contributed by atoms with Crippen molar-refractivity contribution < 1.29 is 4.74 Å². The second kappa shape index (κ2) is 6.96. The Balaban J connectivity index is 2.46. The van der Waals surface area contributed by atoms with Gasteiger partial charge in [-0.25, -0.2) is 4.98 Å². The Bertz CT molecular complexity index is 337. The van der Waals surface area contributed by atoms with Gasteiger partial charge in [-0.3, -0.25) is 0 Å². The summed E-state index contributed by atoms with van der Waals surface area (Å²) >= 11 is 5.70. The molecule has 0 N–H and O–H groups in total. The molecule has 0 aromatic carbocycles. The number of halogens is 1. The summed E-state index contributed by atoms with van der Waals surface area (Å²) in [6.45, 7) is 7.66. The second-order valence-electron chi connectivity index (χ2n) is 4.32. The molecule has 0 bridgehead atoms. The maximum atomic E-state index is 5.70. The molecule has 17 heavy (non-hydrogen) atoms. The highest BCUT2D eigenvalue weighted by atomic mass is 35.5. The first-order valence-corrected chi connectivity index (χ1v) is 9.47. The van der Waals surface area contributed by atoms with Crippen LogP contribution < -0.4 is 4.74 Å². The van der Waals surface area contributed by atoms with Crippen LogP contribution in [-0.4, -0.2) is 24.6 Å². The minimum Gasteiger partial charge on any atom is -0.478 e. The van der Waals surface area contributed by atoms with Crippen LogP contribution in [0.15, 0.2) is 12.3 Å². The van der Waals surface area contributed by atoms with E-state index in [-0.39, 0.29) is 5.28 Å². The van der Waals surface area contributed by atoms with Gasteiger partial charge in [-0.1, -0.05) is 38.9 Å². The Morgan fingerprint density at radius 1 is 1.24 bits per heavy atom. The van der Waals surface area contributed by atoms with Crippen molar-refractivity contribution in [3.8, 4) is 5.88 Å². The molecule has 1 rings (SSSR count). The summed E-state index contributed by atoms with van der Waals surface area (Å²) in [6.07, 6.45) is 1.62. The van der Waals surface area contributed by atoms with Gasteiger partial charge in [-0.05, 0) is 17.6 Å². The summed E-state index contributed by atoms with van der Waals surface area (Å²) in [5.41, 5.74) is 0. The van der Waals surface area contributed by atoms with Gasteiger partial charge in [0.1, 0.15) is 0 Å². The number of rotatable bonds is 7. The zero-order chi connectivity index (χ0) is 12.7. The maximum absolute atomic E-state index is 5.70. The van der Waals surface area contributed by atoms with E-state index in [9.17, 15) is 0 Å². The highest BCUT2D eigenvalue weighted by Gasteiger charge is 2.26. The van der Waals surface area contributed by atoms with Crippen LogP contribution in [0.25, 0.3) is 0 Å². The first-order valence-electron chi connectivity index (χ1n) is 6.27. The monoisotopic (exact) mass is 272 g/mol. The second-order valence-corrected chi connectivity index (χ2v) is 10.3. The van der Waals surface area contributed by atoms with Gasteiger partial charge < -0.3 is 4.74 Å². The van der Waals surface area contributed by atoms with Gasteiger partial charge in [-0.2, -0.15) is 4.98 Å². The molecule has 0 saturated heterocycles. The Hall–Kier alpha value is -0.613. The zero-order valence-electron chi connectivity index (χ0n) is 10.9. The van der Waals surface area contributed by atoms with Crippen molar-refractivity contribution in [3.05, 3.63) is 17.5 Å².